The van der Waals surface area contributed by atoms with E-state index < -0.39 is 5.60 Å². The fourth-order valence-electron chi connectivity index (χ4n) is 2.37. The van der Waals surface area contributed by atoms with Gasteiger partial charge in [0.25, 0.3) is 0 Å². The van der Waals surface area contributed by atoms with Crippen molar-refractivity contribution in [2.45, 2.75) is 51.2 Å². The van der Waals surface area contributed by atoms with Crippen molar-refractivity contribution in [1.82, 2.24) is 4.98 Å². The van der Waals surface area contributed by atoms with Crippen molar-refractivity contribution >= 4 is 11.3 Å². The summed E-state index contributed by atoms with van der Waals surface area (Å²) >= 11 is 1.63. The molecule has 1 aliphatic rings. The fourth-order valence-corrected chi connectivity index (χ4v) is 3.27. The van der Waals surface area contributed by atoms with Gasteiger partial charge in [-0.3, -0.25) is 0 Å². The minimum Gasteiger partial charge on any atom is -0.389 e. The zero-order valence-electron chi connectivity index (χ0n) is 10.1. The van der Waals surface area contributed by atoms with Crippen molar-refractivity contribution in [3.05, 3.63) is 16.1 Å². The number of aryl methyl sites for hydroxylation is 1. The van der Waals surface area contributed by atoms with Crippen LogP contribution in [0.4, 0.5) is 0 Å². The Hall–Kier alpha value is -0.450. The highest BCUT2D eigenvalue weighted by Gasteiger charge is 2.39. The van der Waals surface area contributed by atoms with Crippen LogP contribution in [0, 0.1) is 6.92 Å². The van der Waals surface area contributed by atoms with Crippen molar-refractivity contribution < 1.29 is 9.84 Å². The molecule has 0 radical (unpaired) electrons. The molecule has 0 amide bonds. The maximum Gasteiger partial charge on any atom is 0.0956 e. The first-order valence-electron chi connectivity index (χ1n) is 5.66. The van der Waals surface area contributed by atoms with E-state index in [9.17, 15) is 5.11 Å². The van der Waals surface area contributed by atoms with E-state index in [1.54, 1.807) is 11.3 Å². The summed E-state index contributed by atoms with van der Waals surface area (Å²) in [6, 6.07) is 0. The zero-order chi connectivity index (χ0) is 11.8. The van der Waals surface area contributed by atoms with Crippen LogP contribution in [0.15, 0.2) is 5.38 Å². The molecule has 1 unspecified atom stereocenters. The summed E-state index contributed by atoms with van der Waals surface area (Å²) in [5.41, 5.74) is 0.167. The predicted molar refractivity (Wildman–Crippen MR) is 64.8 cm³/mol. The van der Waals surface area contributed by atoms with Gasteiger partial charge in [0, 0.05) is 30.3 Å². The molecule has 4 heteroatoms. The van der Waals surface area contributed by atoms with Crippen LogP contribution >= 0.6 is 11.3 Å². The lowest BCUT2D eigenvalue weighted by Gasteiger charge is -2.41. The highest BCUT2D eigenvalue weighted by Crippen LogP contribution is 2.34. The van der Waals surface area contributed by atoms with Crippen molar-refractivity contribution in [3.8, 4) is 0 Å². The summed E-state index contributed by atoms with van der Waals surface area (Å²) in [6.07, 6.45) is 2.03. The molecule has 1 N–H and O–H groups in total. The van der Waals surface area contributed by atoms with Crippen molar-refractivity contribution in [3.63, 3.8) is 0 Å². The number of hydrogen-bond acceptors (Lipinski definition) is 4. The van der Waals surface area contributed by atoms with E-state index in [1.807, 2.05) is 26.2 Å². The van der Waals surface area contributed by atoms with E-state index in [-0.39, 0.29) is 5.60 Å². The summed E-state index contributed by atoms with van der Waals surface area (Å²) in [4.78, 5) is 4.42. The van der Waals surface area contributed by atoms with Gasteiger partial charge in [-0.1, -0.05) is 0 Å². The molecule has 3 nitrogen and oxygen atoms in total. The van der Waals surface area contributed by atoms with Gasteiger partial charge in [0.2, 0.25) is 0 Å². The number of aromatic nitrogens is 1. The minimum atomic E-state index is -0.647. The first-order valence-corrected chi connectivity index (χ1v) is 6.54. The standard InChI is InChI=1S/C12H19NO2S/c1-9-7-16-10(13-9)6-12(14)4-5-15-11(2,3)8-12/h7,14H,4-6,8H2,1-3H3. The second kappa shape index (κ2) is 4.09. The van der Waals surface area contributed by atoms with E-state index in [2.05, 4.69) is 4.98 Å². The Balaban J connectivity index is 2.07. The summed E-state index contributed by atoms with van der Waals surface area (Å²) < 4.78 is 5.63. The van der Waals surface area contributed by atoms with Gasteiger partial charge in [0.05, 0.1) is 22.8 Å². The molecule has 16 heavy (non-hydrogen) atoms. The van der Waals surface area contributed by atoms with Gasteiger partial charge in [0.15, 0.2) is 0 Å². The van der Waals surface area contributed by atoms with E-state index >= 15 is 0 Å². The summed E-state index contributed by atoms with van der Waals surface area (Å²) in [6.45, 7) is 6.68. The number of nitrogens with zero attached hydrogens (tertiary/aromatic N) is 1. The van der Waals surface area contributed by atoms with Gasteiger partial charge in [-0.25, -0.2) is 4.98 Å². The molecule has 1 aromatic heterocycles. The molecule has 0 aliphatic carbocycles. The highest BCUT2D eigenvalue weighted by molar-refractivity contribution is 7.09. The average Bonchev–Trinajstić information content (AvgIpc) is 2.47. The Morgan fingerprint density at radius 3 is 2.88 bits per heavy atom. The smallest absolute Gasteiger partial charge is 0.0956 e. The molecule has 1 saturated heterocycles. The van der Waals surface area contributed by atoms with Crippen LogP contribution in [0.5, 0.6) is 0 Å². The Morgan fingerprint density at radius 1 is 1.56 bits per heavy atom. The van der Waals surface area contributed by atoms with Gasteiger partial charge in [-0.2, -0.15) is 0 Å². The van der Waals surface area contributed by atoms with E-state index in [0.29, 0.717) is 25.9 Å². The highest BCUT2D eigenvalue weighted by atomic mass is 32.1. The summed E-state index contributed by atoms with van der Waals surface area (Å²) in [5, 5.41) is 13.6. The van der Waals surface area contributed by atoms with Crippen LogP contribution in [0.25, 0.3) is 0 Å². The van der Waals surface area contributed by atoms with Crippen LogP contribution in [-0.4, -0.2) is 27.9 Å². The van der Waals surface area contributed by atoms with E-state index in [1.165, 1.54) is 0 Å². The molecule has 0 spiro atoms. The molecule has 90 valence electrons. The first-order chi connectivity index (χ1) is 7.39. The Bertz CT molecular complexity index is 375. The minimum absolute atomic E-state index is 0.223. The van der Waals surface area contributed by atoms with E-state index in [0.717, 1.165) is 10.7 Å². The topological polar surface area (TPSA) is 42.4 Å². The van der Waals surface area contributed by atoms with E-state index in [4.69, 9.17) is 4.74 Å². The van der Waals surface area contributed by atoms with Crippen LogP contribution in [-0.2, 0) is 11.2 Å². The quantitative estimate of drug-likeness (QED) is 0.864. The summed E-state index contributed by atoms with van der Waals surface area (Å²) in [7, 11) is 0. The molecule has 2 rings (SSSR count). The predicted octanol–water partition coefficient (Wildman–Crippen LogP) is 2.31. The SMILES string of the molecule is Cc1csc(CC2(O)CCOC(C)(C)C2)n1. The molecule has 1 aliphatic heterocycles. The Labute approximate surface area is 100 Å². The number of rotatable bonds is 2. The monoisotopic (exact) mass is 241 g/mol. The second-order valence-electron chi connectivity index (χ2n) is 5.32. The lowest BCUT2D eigenvalue weighted by atomic mass is 9.82. The lowest BCUT2D eigenvalue weighted by molar-refractivity contribution is -0.143. The normalized spacial score (nSPS) is 29.2. The Morgan fingerprint density at radius 2 is 2.31 bits per heavy atom. The van der Waals surface area contributed by atoms with Crippen molar-refractivity contribution in [1.29, 1.82) is 0 Å². The van der Waals surface area contributed by atoms with Gasteiger partial charge in [-0.15, -0.1) is 11.3 Å². The van der Waals surface area contributed by atoms with Gasteiger partial charge in [0.1, 0.15) is 0 Å². The molecule has 0 aromatic carbocycles. The largest absolute Gasteiger partial charge is 0.389 e. The van der Waals surface area contributed by atoms with Crippen LogP contribution in [0.3, 0.4) is 0 Å². The number of ether oxygens (including phenoxy) is 1. The first kappa shape index (κ1) is 12.0. The number of aliphatic hydroxyl groups is 1. The maximum absolute atomic E-state index is 10.6. The molecular weight excluding hydrogens is 222 g/mol. The fraction of sp³-hybridized carbons (Fsp3) is 0.750. The van der Waals surface area contributed by atoms with Crippen LogP contribution in [0.2, 0.25) is 0 Å². The lowest BCUT2D eigenvalue weighted by Crippen LogP contribution is -2.47. The van der Waals surface area contributed by atoms with Crippen molar-refractivity contribution in [2.75, 3.05) is 6.61 Å². The molecule has 1 atom stereocenters. The molecule has 0 bridgehead atoms. The van der Waals surface area contributed by atoms with Gasteiger partial charge >= 0.3 is 0 Å². The second-order valence-corrected chi connectivity index (χ2v) is 6.26. The third-order valence-electron chi connectivity index (χ3n) is 2.96. The number of hydrogen-bond donors (Lipinski definition) is 1. The number of thiazole rings is 1. The molecule has 1 aromatic rings. The van der Waals surface area contributed by atoms with Crippen molar-refractivity contribution in [2.24, 2.45) is 0 Å². The van der Waals surface area contributed by atoms with Crippen LogP contribution < -0.4 is 0 Å². The average molecular weight is 241 g/mol. The molecular formula is C12H19NO2S. The van der Waals surface area contributed by atoms with Gasteiger partial charge < -0.3 is 9.84 Å². The molecule has 0 saturated carbocycles. The molecule has 1 fully saturated rings. The van der Waals surface area contributed by atoms with Gasteiger partial charge in [-0.05, 0) is 20.8 Å². The third kappa shape index (κ3) is 2.81. The third-order valence-corrected chi connectivity index (χ3v) is 3.93. The summed E-state index contributed by atoms with van der Waals surface area (Å²) in [5.74, 6) is 0. The Kier molecular flexibility index (Phi) is 3.07. The maximum atomic E-state index is 10.6. The van der Waals surface area contributed by atoms with Crippen LogP contribution in [0.1, 0.15) is 37.4 Å². The zero-order valence-corrected chi connectivity index (χ0v) is 10.9. The molecule has 2 heterocycles.